The summed E-state index contributed by atoms with van der Waals surface area (Å²) in [5, 5.41) is 5.74. The number of aromatic nitrogens is 4. The van der Waals surface area contributed by atoms with Gasteiger partial charge in [0.05, 0.1) is 19.5 Å². The Morgan fingerprint density at radius 3 is 2.74 bits per heavy atom. The second-order valence-corrected chi connectivity index (χ2v) is 6.53. The van der Waals surface area contributed by atoms with Gasteiger partial charge in [-0.25, -0.2) is 15.0 Å². The van der Waals surface area contributed by atoms with Crippen LogP contribution in [0.1, 0.15) is 26.2 Å². The van der Waals surface area contributed by atoms with Crippen molar-refractivity contribution in [1.29, 1.82) is 0 Å². The molecule has 0 saturated heterocycles. The first-order chi connectivity index (χ1) is 13.1. The van der Waals surface area contributed by atoms with Crippen molar-refractivity contribution in [3.8, 4) is 0 Å². The summed E-state index contributed by atoms with van der Waals surface area (Å²) in [6, 6.07) is 0. The van der Waals surface area contributed by atoms with E-state index < -0.39 is 11.9 Å². The van der Waals surface area contributed by atoms with Gasteiger partial charge in [-0.1, -0.05) is 0 Å². The first-order valence-corrected chi connectivity index (χ1v) is 9.54. The van der Waals surface area contributed by atoms with Crippen molar-refractivity contribution in [1.82, 2.24) is 30.6 Å². The molecule has 0 spiro atoms. The van der Waals surface area contributed by atoms with Crippen LogP contribution >= 0.6 is 11.8 Å². The molecule has 0 radical (unpaired) electrons. The number of carbonyl (C=O) groups excluding carboxylic acids is 3. The van der Waals surface area contributed by atoms with Crippen LogP contribution in [0.3, 0.4) is 0 Å². The Kier molecular flexibility index (Phi) is 8.49. The van der Waals surface area contributed by atoms with Crippen molar-refractivity contribution >= 4 is 40.7 Å². The summed E-state index contributed by atoms with van der Waals surface area (Å²) in [4.78, 5) is 49.7. The molecule has 2 aromatic rings. The summed E-state index contributed by atoms with van der Waals surface area (Å²) in [5.74, 6) is -0.340. The largest absolute Gasteiger partial charge is 0.465 e. The van der Waals surface area contributed by atoms with Crippen LogP contribution in [0.15, 0.2) is 17.7 Å². The number of hydrogen-bond acceptors (Lipinski definition) is 8. The highest BCUT2D eigenvalue weighted by atomic mass is 32.2. The molecule has 2 heterocycles. The molecule has 3 N–H and O–H groups in total. The highest BCUT2D eigenvalue weighted by Gasteiger charge is 2.09. The third-order valence-electron chi connectivity index (χ3n) is 3.41. The number of fused-ring (bicyclic) bond motifs is 1. The Hall–Kier alpha value is -2.69. The number of H-pyrrole nitrogens is 1. The van der Waals surface area contributed by atoms with E-state index in [-0.39, 0.29) is 25.6 Å². The number of esters is 1. The number of carbonyl (C=O) groups is 3. The van der Waals surface area contributed by atoms with E-state index in [0.717, 1.165) is 22.7 Å². The maximum Gasteiger partial charge on any atom is 0.325 e. The van der Waals surface area contributed by atoms with E-state index >= 15 is 0 Å². The minimum absolute atomic E-state index is 0.161. The van der Waals surface area contributed by atoms with Crippen LogP contribution in [0.2, 0.25) is 0 Å². The van der Waals surface area contributed by atoms with E-state index in [1.54, 1.807) is 25.0 Å². The molecule has 0 aliphatic rings. The fourth-order valence-electron chi connectivity index (χ4n) is 2.12. The van der Waals surface area contributed by atoms with Gasteiger partial charge in [0.15, 0.2) is 5.65 Å². The minimum atomic E-state index is -0.509. The van der Waals surface area contributed by atoms with Crippen LogP contribution in [0, 0.1) is 0 Å². The minimum Gasteiger partial charge on any atom is -0.465 e. The zero-order valence-electron chi connectivity index (χ0n) is 15.0. The molecule has 0 fully saturated rings. The van der Waals surface area contributed by atoms with Crippen LogP contribution < -0.4 is 10.6 Å². The van der Waals surface area contributed by atoms with Gasteiger partial charge >= 0.3 is 5.97 Å². The maximum atomic E-state index is 11.7. The molecule has 0 atom stereocenters. The molecular weight excluding hydrogens is 372 g/mol. The lowest BCUT2D eigenvalue weighted by atomic mass is 10.2. The van der Waals surface area contributed by atoms with Crippen molar-refractivity contribution in [2.24, 2.45) is 0 Å². The molecule has 0 aliphatic carbocycles. The van der Waals surface area contributed by atoms with Gasteiger partial charge < -0.3 is 20.4 Å². The summed E-state index contributed by atoms with van der Waals surface area (Å²) in [5.41, 5.74) is 1.45. The SMILES string of the molecule is CCOC(=O)CNC(=O)CNC(=O)CCCCSc1ncnc2nc[nH]c12. The third-order valence-corrected chi connectivity index (χ3v) is 4.48. The fourth-order valence-corrected chi connectivity index (χ4v) is 3.08. The van der Waals surface area contributed by atoms with Crippen LogP contribution in [-0.2, 0) is 19.1 Å². The second-order valence-electron chi connectivity index (χ2n) is 5.44. The van der Waals surface area contributed by atoms with Gasteiger partial charge in [0, 0.05) is 6.42 Å². The van der Waals surface area contributed by atoms with Crippen molar-refractivity contribution in [2.75, 3.05) is 25.4 Å². The monoisotopic (exact) mass is 394 g/mol. The molecule has 2 amide bonds. The second kappa shape index (κ2) is 11.1. The van der Waals surface area contributed by atoms with E-state index in [2.05, 4.69) is 35.3 Å². The molecular formula is C16H22N6O4S. The smallest absolute Gasteiger partial charge is 0.325 e. The van der Waals surface area contributed by atoms with E-state index in [4.69, 9.17) is 0 Å². The van der Waals surface area contributed by atoms with Gasteiger partial charge in [-0.05, 0) is 25.5 Å². The molecule has 27 heavy (non-hydrogen) atoms. The molecule has 0 unspecified atom stereocenters. The Morgan fingerprint density at radius 2 is 1.93 bits per heavy atom. The number of hydrogen-bond donors (Lipinski definition) is 3. The number of unbranched alkanes of at least 4 members (excludes halogenated alkanes) is 1. The summed E-state index contributed by atoms with van der Waals surface area (Å²) in [6.07, 6.45) is 4.91. The Labute approximate surface area is 160 Å². The highest BCUT2D eigenvalue weighted by Crippen LogP contribution is 2.22. The van der Waals surface area contributed by atoms with Crippen molar-refractivity contribution in [2.45, 2.75) is 31.2 Å². The molecule has 0 saturated carbocycles. The molecule has 11 heteroatoms. The lowest BCUT2D eigenvalue weighted by Gasteiger charge is -2.07. The van der Waals surface area contributed by atoms with E-state index in [1.165, 1.54) is 6.33 Å². The predicted octanol–water partition coefficient (Wildman–Crippen LogP) is 0.411. The number of thioether (sulfide) groups is 1. The summed E-state index contributed by atoms with van der Waals surface area (Å²) in [7, 11) is 0. The van der Waals surface area contributed by atoms with Crippen molar-refractivity contribution in [3.63, 3.8) is 0 Å². The lowest BCUT2D eigenvalue weighted by Crippen LogP contribution is -2.39. The average Bonchev–Trinajstić information content (AvgIpc) is 3.14. The molecule has 10 nitrogen and oxygen atoms in total. The standard InChI is InChI=1S/C16H22N6O4S/c1-2-26-13(25)8-18-12(24)7-17-11(23)5-3-4-6-27-16-14-15(20-9-19-14)21-10-22-16/h9-10H,2-8H2,1H3,(H,17,23)(H,18,24)(H,19,20,21,22). The molecule has 0 bridgehead atoms. The molecule has 2 aromatic heterocycles. The number of imidazole rings is 1. The summed E-state index contributed by atoms with van der Waals surface area (Å²) < 4.78 is 4.69. The first kappa shape index (κ1) is 20.6. The molecule has 0 aliphatic heterocycles. The predicted molar refractivity (Wildman–Crippen MR) is 98.9 cm³/mol. The molecule has 0 aromatic carbocycles. The van der Waals surface area contributed by atoms with Gasteiger partial charge in [0.2, 0.25) is 11.8 Å². The lowest BCUT2D eigenvalue weighted by molar-refractivity contribution is -0.143. The van der Waals surface area contributed by atoms with Gasteiger partial charge in [0.1, 0.15) is 23.4 Å². The number of aromatic amines is 1. The zero-order valence-corrected chi connectivity index (χ0v) is 15.8. The van der Waals surface area contributed by atoms with E-state index in [9.17, 15) is 14.4 Å². The number of ether oxygens (including phenoxy) is 1. The number of rotatable bonds is 11. The van der Waals surface area contributed by atoms with Gasteiger partial charge in [-0.15, -0.1) is 11.8 Å². The summed E-state index contributed by atoms with van der Waals surface area (Å²) in [6.45, 7) is 1.58. The Bertz CT molecular complexity index is 781. The Balaban J connectivity index is 1.55. The van der Waals surface area contributed by atoms with E-state index in [1.807, 2.05) is 0 Å². The molecule has 2 rings (SSSR count). The normalized spacial score (nSPS) is 10.6. The van der Waals surface area contributed by atoms with Crippen molar-refractivity contribution in [3.05, 3.63) is 12.7 Å². The van der Waals surface area contributed by atoms with Crippen LogP contribution in [0.5, 0.6) is 0 Å². The Morgan fingerprint density at radius 1 is 1.11 bits per heavy atom. The van der Waals surface area contributed by atoms with Gasteiger partial charge in [-0.2, -0.15) is 0 Å². The first-order valence-electron chi connectivity index (χ1n) is 8.56. The summed E-state index contributed by atoms with van der Waals surface area (Å²) >= 11 is 1.58. The zero-order chi connectivity index (χ0) is 19.5. The van der Waals surface area contributed by atoms with Crippen LogP contribution in [0.4, 0.5) is 0 Å². The van der Waals surface area contributed by atoms with Crippen LogP contribution in [-0.4, -0.2) is 63.2 Å². The topological polar surface area (TPSA) is 139 Å². The fraction of sp³-hybridized carbons (Fsp3) is 0.500. The molecule has 146 valence electrons. The van der Waals surface area contributed by atoms with E-state index in [0.29, 0.717) is 18.5 Å². The maximum absolute atomic E-state index is 11.7. The third kappa shape index (κ3) is 7.21. The highest BCUT2D eigenvalue weighted by molar-refractivity contribution is 7.99. The van der Waals surface area contributed by atoms with Crippen molar-refractivity contribution < 1.29 is 19.1 Å². The quantitative estimate of drug-likeness (QED) is 0.216. The number of amides is 2. The van der Waals surface area contributed by atoms with Gasteiger partial charge in [0.25, 0.3) is 0 Å². The average molecular weight is 394 g/mol. The number of nitrogens with zero attached hydrogens (tertiary/aromatic N) is 3. The van der Waals surface area contributed by atoms with Gasteiger partial charge in [-0.3, -0.25) is 14.4 Å². The van der Waals surface area contributed by atoms with Crippen LogP contribution in [0.25, 0.3) is 11.2 Å². The number of nitrogens with one attached hydrogen (secondary N) is 3.